The van der Waals surface area contributed by atoms with Crippen LogP contribution in [0.4, 0.5) is 4.39 Å². The monoisotopic (exact) mass is 366 g/mol. The van der Waals surface area contributed by atoms with Crippen molar-refractivity contribution in [2.75, 3.05) is 26.8 Å². The minimum atomic E-state index is -0.390. The molecule has 6 nitrogen and oxygen atoms in total. The molecule has 8 heteroatoms. The Bertz CT molecular complexity index is 750. The molecule has 0 unspecified atom stereocenters. The van der Waals surface area contributed by atoms with Gasteiger partial charge in [0.1, 0.15) is 5.82 Å². The lowest BCUT2D eigenvalue weighted by atomic mass is 9.99. The Hall–Kier alpha value is -1.99. The Morgan fingerprint density at radius 3 is 3.08 bits per heavy atom. The summed E-state index contributed by atoms with van der Waals surface area (Å²) in [6.45, 7) is 2.37. The Kier molecular flexibility index (Phi) is 5.65. The number of benzene rings is 1. The zero-order chi connectivity index (χ0) is 17.8. The summed E-state index contributed by atoms with van der Waals surface area (Å²) in [6, 6.07) is 4.19. The largest absolute Gasteiger partial charge is 0.384 e. The smallest absolute Gasteiger partial charge is 0.276 e. The Balaban J connectivity index is 1.67. The normalized spacial score (nSPS) is 17.7. The predicted molar refractivity (Wildman–Crippen MR) is 91.0 cm³/mol. The van der Waals surface area contributed by atoms with E-state index in [1.54, 1.807) is 24.3 Å². The van der Waals surface area contributed by atoms with Gasteiger partial charge in [-0.3, -0.25) is 4.79 Å². The lowest BCUT2D eigenvalue weighted by molar-refractivity contribution is 0.0565. The number of ether oxygens (including phenoxy) is 1. The van der Waals surface area contributed by atoms with Gasteiger partial charge in [0, 0.05) is 25.2 Å². The molecule has 0 aliphatic carbocycles. The van der Waals surface area contributed by atoms with Crippen molar-refractivity contribution in [1.82, 2.24) is 19.9 Å². The van der Waals surface area contributed by atoms with Crippen LogP contribution >= 0.6 is 11.6 Å². The number of aromatic nitrogens is 3. The molecule has 1 aliphatic heterocycles. The van der Waals surface area contributed by atoms with Crippen molar-refractivity contribution >= 4 is 17.5 Å². The van der Waals surface area contributed by atoms with Gasteiger partial charge in [-0.2, -0.15) is 0 Å². The van der Waals surface area contributed by atoms with Crippen LogP contribution in [0.15, 0.2) is 24.4 Å². The van der Waals surface area contributed by atoms with Crippen LogP contribution < -0.4 is 0 Å². The molecule has 0 N–H and O–H groups in total. The molecule has 25 heavy (non-hydrogen) atoms. The third-order valence-corrected chi connectivity index (χ3v) is 4.67. The molecule has 1 amide bonds. The molecule has 1 aliphatic rings. The number of likely N-dealkylation sites (tertiary alicyclic amines) is 1. The van der Waals surface area contributed by atoms with Gasteiger partial charge in [0.05, 0.1) is 19.3 Å². The number of carbonyl (C=O) groups is 1. The minimum absolute atomic E-state index is 0.128. The van der Waals surface area contributed by atoms with Gasteiger partial charge in [-0.05, 0) is 36.5 Å². The van der Waals surface area contributed by atoms with E-state index in [0.29, 0.717) is 41.9 Å². The molecule has 1 atom stereocenters. The second-order valence-corrected chi connectivity index (χ2v) is 6.66. The minimum Gasteiger partial charge on any atom is -0.384 e. The first-order chi connectivity index (χ1) is 12.1. The van der Waals surface area contributed by atoms with Crippen LogP contribution in [0.5, 0.6) is 0 Å². The first-order valence-corrected chi connectivity index (χ1v) is 8.57. The second-order valence-electron chi connectivity index (χ2n) is 6.25. The van der Waals surface area contributed by atoms with Crippen molar-refractivity contribution in [2.24, 2.45) is 5.92 Å². The maximum absolute atomic E-state index is 13.1. The highest BCUT2D eigenvalue weighted by Gasteiger charge is 2.26. The quantitative estimate of drug-likeness (QED) is 0.816. The number of nitrogens with zero attached hydrogens (tertiary/aromatic N) is 4. The molecule has 134 valence electrons. The van der Waals surface area contributed by atoms with Crippen molar-refractivity contribution in [1.29, 1.82) is 0 Å². The fourth-order valence-corrected chi connectivity index (χ4v) is 3.31. The van der Waals surface area contributed by atoms with E-state index in [0.717, 1.165) is 19.4 Å². The van der Waals surface area contributed by atoms with Crippen molar-refractivity contribution in [2.45, 2.75) is 19.4 Å². The summed E-state index contributed by atoms with van der Waals surface area (Å²) in [6.07, 6.45) is 3.62. The Morgan fingerprint density at radius 2 is 2.32 bits per heavy atom. The molecule has 0 bridgehead atoms. The van der Waals surface area contributed by atoms with Crippen molar-refractivity contribution < 1.29 is 13.9 Å². The van der Waals surface area contributed by atoms with Crippen LogP contribution in [-0.2, 0) is 11.3 Å². The average molecular weight is 367 g/mol. The molecular weight excluding hydrogens is 347 g/mol. The fraction of sp³-hybridized carbons (Fsp3) is 0.471. The van der Waals surface area contributed by atoms with Gasteiger partial charge in [0.2, 0.25) is 0 Å². The number of methoxy groups -OCH3 is 1. The van der Waals surface area contributed by atoms with E-state index in [1.807, 2.05) is 0 Å². The zero-order valence-corrected chi connectivity index (χ0v) is 14.7. The van der Waals surface area contributed by atoms with Crippen LogP contribution in [0.1, 0.15) is 28.9 Å². The Morgan fingerprint density at radius 1 is 1.48 bits per heavy atom. The number of rotatable bonds is 5. The van der Waals surface area contributed by atoms with Crippen molar-refractivity contribution in [3.05, 3.63) is 46.5 Å². The average Bonchev–Trinajstić information content (AvgIpc) is 3.06. The van der Waals surface area contributed by atoms with Crippen LogP contribution in [-0.4, -0.2) is 52.6 Å². The number of hydrogen-bond acceptors (Lipinski definition) is 4. The number of piperidine rings is 1. The van der Waals surface area contributed by atoms with E-state index in [2.05, 4.69) is 10.3 Å². The van der Waals surface area contributed by atoms with E-state index >= 15 is 0 Å². The summed E-state index contributed by atoms with van der Waals surface area (Å²) in [5.41, 5.74) is 1.02. The molecule has 0 spiro atoms. The number of halogens is 2. The molecule has 0 radical (unpaired) electrons. The topological polar surface area (TPSA) is 60.2 Å². The third kappa shape index (κ3) is 4.35. The van der Waals surface area contributed by atoms with Gasteiger partial charge in [0.25, 0.3) is 5.91 Å². The molecule has 2 aromatic rings. The molecular formula is C17H20ClFN4O2. The first-order valence-electron chi connectivity index (χ1n) is 8.19. The summed E-state index contributed by atoms with van der Waals surface area (Å²) < 4.78 is 19.8. The summed E-state index contributed by atoms with van der Waals surface area (Å²) in [4.78, 5) is 14.4. The van der Waals surface area contributed by atoms with E-state index in [-0.39, 0.29) is 11.7 Å². The molecule has 1 fully saturated rings. The lowest BCUT2D eigenvalue weighted by Gasteiger charge is -2.31. The summed E-state index contributed by atoms with van der Waals surface area (Å²) in [5.74, 6) is -0.160. The Labute approximate surface area is 150 Å². The van der Waals surface area contributed by atoms with Crippen molar-refractivity contribution in [3.8, 4) is 0 Å². The standard InChI is InChI=1S/C17H20ClFN4O2/c1-25-11-12-3-2-6-22(8-12)17(24)16-10-23(21-20-16)9-13-4-5-14(19)7-15(13)18/h4-5,7,10,12H,2-3,6,8-9,11H2,1H3/t12-/m1/s1. The molecule has 1 aromatic heterocycles. The second kappa shape index (κ2) is 7.93. The third-order valence-electron chi connectivity index (χ3n) is 4.31. The van der Waals surface area contributed by atoms with Gasteiger partial charge in [-0.25, -0.2) is 9.07 Å². The first kappa shape index (κ1) is 17.8. The molecule has 2 heterocycles. The highest BCUT2D eigenvalue weighted by atomic mass is 35.5. The number of amides is 1. The van der Waals surface area contributed by atoms with E-state index in [4.69, 9.17) is 16.3 Å². The van der Waals surface area contributed by atoms with Gasteiger partial charge >= 0.3 is 0 Å². The SMILES string of the molecule is COC[C@@H]1CCCN(C(=O)c2cn(Cc3ccc(F)cc3Cl)nn2)C1. The van der Waals surface area contributed by atoms with E-state index < -0.39 is 0 Å². The number of carbonyl (C=O) groups excluding carboxylic acids is 1. The van der Waals surface area contributed by atoms with Gasteiger partial charge in [-0.15, -0.1) is 5.10 Å². The molecule has 1 aromatic carbocycles. The molecule has 1 saturated heterocycles. The fourth-order valence-electron chi connectivity index (χ4n) is 3.08. The highest BCUT2D eigenvalue weighted by Crippen LogP contribution is 2.20. The maximum atomic E-state index is 13.1. The maximum Gasteiger partial charge on any atom is 0.276 e. The van der Waals surface area contributed by atoms with Crippen LogP contribution in [0.3, 0.4) is 0 Å². The predicted octanol–water partition coefficient (Wildman–Crippen LogP) is 2.62. The van der Waals surface area contributed by atoms with Gasteiger partial charge < -0.3 is 9.64 Å². The summed E-state index contributed by atoms with van der Waals surface area (Å²) in [5, 5.41) is 8.29. The molecule has 3 rings (SSSR count). The van der Waals surface area contributed by atoms with Crippen LogP contribution in [0.25, 0.3) is 0 Å². The van der Waals surface area contributed by atoms with E-state index in [1.165, 1.54) is 16.8 Å². The van der Waals surface area contributed by atoms with Crippen molar-refractivity contribution in [3.63, 3.8) is 0 Å². The van der Waals surface area contributed by atoms with Gasteiger partial charge in [0.15, 0.2) is 5.69 Å². The number of hydrogen-bond donors (Lipinski definition) is 0. The van der Waals surface area contributed by atoms with Gasteiger partial charge in [-0.1, -0.05) is 22.9 Å². The zero-order valence-electron chi connectivity index (χ0n) is 14.0. The molecule has 0 saturated carbocycles. The summed E-state index contributed by atoms with van der Waals surface area (Å²) >= 11 is 6.03. The summed E-state index contributed by atoms with van der Waals surface area (Å²) in [7, 11) is 1.67. The highest BCUT2D eigenvalue weighted by molar-refractivity contribution is 6.31. The lowest BCUT2D eigenvalue weighted by Crippen LogP contribution is -2.41. The van der Waals surface area contributed by atoms with Crippen LogP contribution in [0.2, 0.25) is 5.02 Å². The van der Waals surface area contributed by atoms with Crippen LogP contribution in [0, 0.1) is 11.7 Å². The van der Waals surface area contributed by atoms with E-state index in [9.17, 15) is 9.18 Å².